The molecule has 3 rings (SSSR count). The maximum atomic E-state index is 5.78. The van der Waals surface area contributed by atoms with Gasteiger partial charge in [0.15, 0.2) is 5.65 Å². The number of aryl methyl sites for hydroxylation is 1. The summed E-state index contributed by atoms with van der Waals surface area (Å²) in [5, 5.41) is 0.225. The zero-order valence-electron chi connectivity index (χ0n) is 9.00. The standard InChI is InChI=1S/C11H8ClN5/c1-7-6-17-9(4-15-10(17)5-14-7)8-2-3-13-11(12)16-8/h2-6H,1H3. The number of fused-ring (bicyclic) bond motifs is 1. The predicted molar refractivity (Wildman–Crippen MR) is 63.8 cm³/mol. The van der Waals surface area contributed by atoms with Crippen molar-refractivity contribution in [3.05, 3.63) is 41.8 Å². The van der Waals surface area contributed by atoms with E-state index in [1.54, 1.807) is 24.7 Å². The average Bonchev–Trinajstić information content (AvgIpc) is 2.71. The maximum absolute atomic E-state index is 5.78. The molecule has 3 aromatic rings. The van der Waals surface area contributed by atoms with Crippen LogP contribution in [0.4, 0.5) is 0 Å². The van der Waals surface area contributed by atoms with E-state index in [2.05, 4.69) is 19.9 Å². The van der Waals surface area contributed by atoms with Gasteiger partial charge in [-0.2, -0.15) is 0 Å². The van der Waals surface area contributed by atoms with Crippen molar-refractivity contribution >= 4 is 17.2 Å². The monoisotopic (exact) mass is 245 g/mol. The van der Waals surface area contributed by atoms with E-state index in [0.717, 1.165) is 22.7 Å². The van der Waals surface area contributed by atoms with E-state index >= 15 is 0 Å². The van der Waals surface area contributed by atoms with Crippen LogP contribution < -0.4 is 0 Å². The Bertz CT molecular complexity index is 691. The molecule has 5 nitrogen and oxygen atoms in total. The highest BCUT2D eigenvalue weighted by molar-refractivity contribution is 6.28. The second kappa shape index (κ2) is 3.78. The van der Waals surface area contributed by atoms with Crippen molar-refractivity contribution in [3.8, 4) is 11.4 Å². The van der Waals surface area contributed by atoms with Gasteiger partial charge in [-0.1, -0.05) is 0 Å². The third kappa shape index (κ3) is 1.74. The normalized spacial score (nSPS) is 10.9. The molecule has 0 fully saturated rings. The summed E-state index contributed by atoms with van der Waals surface area (Å²) in [5.41, 5.74) is 3.30. The Morgan fingerprint density at radius 3 is 2.88 bits per heavy atom. The second-order valence-corrected chi connectivity index (χ2v) is 3.95. The van der Waals surface area contributed by atoms with Crippen molar-refractivity contribution in [2.45, 2.75) is 6.92 Å². The summed E-state index contributed by atoms with van der Waals surface area (Å²) >= 11 is 5.78. The molecule has 0 N–H and O–H groups in total. The molecular formula is C11H8ClN5. The molecule has 0 aliphatic carbocycles. The number of hydrogen-bond donors (Lipinski definition) is 0. The molecular weight excluding hydrogens is 238 g/mol. The second-order valence-electron chi connectivity index (χ2n) is 3.61. The first kappa shape index (κ1) is 10.2. The van der Waals surface area contributed by atoms with Crippen LogP contribution in [0.5, 0.6) is 0 Å². The van der Waals surface area contributed by atoms with Gasteiger partial charge in [0.25, 0.3) is 0 Å². The van der Waals surface area contributed by atoms with Crippen LogP contribution in [0.15, 0.2) is 30.9 Å². The van der Waals surface area contributed by atoms with Gasteiger partial charge in [-0.05, 0) is 24.6 Å². The lowest BCUT2D eigenvalue weighted by atomic mass is 10.3. The maximum Gasteiger partial charge on any atom is 0.222 e. The van der Waals surface area contributed by atoms with Crippen LogP contribution >= 0.6 is 11.6 Å². The fourth-order valence-electron chi connectivity index (χ4n) is 1.65. The molecule has 84 valence electrons. The largest absolute Gasteiger partial charge is 0.295 e. The minimum Gasteiger partial charge on any atom is -0.295 e. The summed E-state index contributed by atoms with van der Waals surface area (Å²) in [7, 11) is 0. The summed E-state index contributed by atoms with van der Waals surface area (Å²) in [6.07, 6.45) is 7.00. The first-order valence-electron chi connectivity index (χ1n) is 5.03. The van der Waals surface area contributed by atoms with E-state index in [1.165, 1.54) is 0 Å². The molecule has 0 radical (unpaired) electrons. The molecule has 0 unspecified atom stereocenters. The topological polar surface area (TPSA) is 56.0 Å². The summed E-state index contributed by atoms with van der Waals surface area (Å²) in [5.74, 6) is 0. The highest BCUT2D eigenvalue weighted by Crippen LogP contribution is 2.19. The van der Waals surface area contributed by atoms with Crippen molar-refractivity contribution in [1.82, 2.24) is 24.3 Å². The Labute approximate surface area is 102 Å². The molecule has 0 amide bonds. The van der Waals surface area contributed by atoms with Gasteiger partial charge in [-0.25, -0.2) is 15.0 Å². The highest BCUT2D eigenvalue weighted by Gasteiger charge is 2.08. The molecule has 0 aromatic carbocycles. The van der Waals surface area contributed by atoms with Crippen LogP contribution in [0.2, 0.25) is 5.28 Å². The first-order valence-corrected chi connectivity index (χ1v) is 5.40. The number of halogens is 1. The molecule has 0 atom stereocenters. The Hall–Kier alpha value is -2.01. The molecule has 0 bridgehead atoms. The zero-order chi connectivity index (χ0) is 11.8. The quantitative estimate of drug-likeness (QED) is 0.617. The van der Waals surface area contributed by atoms with Gasteiger partial charge in [0, 0.05) is 12.4 Å². The Morgan fingerprint density at radius 2 is 2.06 bits per heavy atom. The highest BCUT2D eigenvalue weighted by atomic mass is 35.5. The molecule has 3 heterocycles. The fourth-order valence-corrected chi connectivity index (χ4v) is 1.80. The number of imidazole rings is 1. The molecule has 0 aliphatic heterocycles. The van der Waals surface area contributed by atoms with E-state index in [0.29, 0.717) is 0 Å². The molecule has 3 aromatic heterocycles. The van der Waals surface area contributed by atoms with Crippen molar-refractivity contribution in [3.63, 3.8) is 0 Å². The van der Waals surface area contributed by atoms with Crippen LogP contribution in [0.25, 0.3) is 17.0 Å². The summed E-state index contributed by atoms with van der Waals surface area (Å²) in [6, 6.07) is 1.80. The van der Waals surface area contributed by atoms with Gasteiger partial charge in [0.1, 0.15) is 0 Å². The fraction of sp³-hybridized carbons (Fsp3) is 0.0909. The van der Waals surface area contributed by atoms with Crippen LogP contribution in [0.1, 0.15) is 5.69 Å². The van der Waals surface area contributed by atoms with Crippen LogP contribution in [0, 0.1) is 6.92 Å². The van der Waals surface area contributed by atoms with Gasteiger partial charge in [-0.15, -0.1) is 0 Å². The SMILES string of the molecule is Cc1cn2c(-c3ccnc(Cl)n3)cnc2cn1. The summed E-state index contributed by atoms with van der Waals surface area (Å²) in [4.78, 5) is 16.5. The van der Waals surface area contributed by atoms with Crippen LogP contribution in [0.3, 0.4) is 0 Å². The Morgan fingerprint density at radius 1 is 1.18 bits per heavy atom. The Balaban J connectivity index is 2.27. The molecule has 6 heteroatoms. The average molecular weight is 246 g/mol. The molecule has 0 aliphatic rings. The predicted octanol–water partition coefficient (Wildman–Crippen LogP) is 2.15. The van der Waals surface area contributed by atoms with Gasteiger partial charge >= 0.3 is 0 Å². The number of rotatable bonds is 1. The minimum absolute atomic E-state index is 0.225. The van der Waals surface area contributed by atoms with Crippen molar-refractivity contribution in [1.29, 1.82) is 0 Å². The van der Waals surface area contributed by atoms with E-state index in [9.17, 15) is 0 Å². The zero-order valence-corrected chi connectivity index (χ0v) is 9.76. The molecule has 17 heavy (non-hydrogen) atoms. The van der Waals surface area contributed by atoms with Crippen molar-refractivity contribution in [2.24, 2.45) is 0 Å². The first-order chi connectivity index (χ1) is 8.24. The van der Waals surface area contributed by atoms with E-state index in [1.807, 2.05) is 17.5 Å². The summed E-state index contributed by atoms with van der Waals surface area (Å²) in [6.45, 7) is 1.93. The molecule has 0 spiro atoms. The lowest BCUT2D eigenvalue weighted by molar-refractivity contribution is 1.06. The van der Waals surface area contributed by atoms with Crippen molar-refractivity contribution in [2.75, 3.05) is 0 Å². The lowest BCUT2D eigenvalue weighted by Crippen LogP contribution is -1.94. The number of hydrogen-bond acceptors (Lipinski definition) is 4. The number of aromatic nitrogens is 5. The lowest BCUT2D eigenvalue weighted by Gasteiger charge is -2.01. The molecule has 0 saturated carbocycles. The third-order valence-corrected chi connectivity index (χ3v) is 2.60. The smallest absolute Gasteiger partial charge is 0.222 e. The van der Waals surface area contributed by atoms with Gasteiger partial charge < -0.3 is 0 Å². The van der Waals surface area contributed by atoms with E-state index < -0.39 is 0 Å². The van der Waals surface area contributed by atoms with Crippen molar-refractivity contribution < 1.29 is 0 Å². The molecule has 0 saturated heterocycles. The van der Waals surface area contributed by atoms with Crippen LogP contribution in [-0.2, 0) is 0 Å². The van der Waals surface area contributed by atoms with Gasteiger partial charge in [0.05, 0.1) is 29.5 Å². The number of nitrogens with zero attached hydrogens (tertiary/aromatic N) is 5. The summed E-state index contributed by atoms with van der Waals surface area (Å²) < 4.78 is 1.93. The third-order valence-electron chi connectivity index (χ3n) is 2.41. The Kier molecular flexibility index (Phi) is 2.26. The van der Waals surface area contributed by atoms with E-state index in [4.69, 9.17) is 11.6 Å². The van der Waals surface area contributed by atoms with Gasteiger partial charge in [-0.3, -0.25) is 9.38 Å². The van der Waals surface area contributed by atoms with Gasteiger partial charge in [0.2, 0.25) is 5.28 Å². The minimum atomic E-state index is 0.225. The van der Waals surface area contributed by atoms with E-state index in [-0.39, 0.29) is 5.28 Å². The van der Waals surface area contributed by atoms with Crippen LogP contribution in [-0.4, -0.2) is 24.3 Å².